The molecule has 0 aliphatic rings. The van der Waals surface area contributed by atoms with Crippen LogP contribution in [-0.4, -0.2) is 0 Å². The van der Waals surface area contributed by atoms with Gasteiger partial charge in [0.1, 0.15) is 11.5 Å². The molecule has 0 aliphatic heterocycles. The van der Waals surface area contributed by atoms with Crippen LogP contribution in [0, 0.1) is 0 Å². The first-order chi connectivity index (χ1) is 11.1. The van der Waals surface area contributed by atoms with Gasteiger partial charge in [0.2, 0.25) is 0 Å². The molecule has 0 aliphatic carbocycles. The summed E-state index contributed by atoms with van der Waals surface area (Å²) in [5.74, 6) is 0.179. The van der Waals surface area contributed by atoms with E-state index in [0.29, 0.717) is 5.75 Å². The van der Waals surface area contributed by atoms with Crippen molar-refractivity contribution in [1.29, 1.82) is 0 Å². The van der Waals surface area contributed by atoms with Gasteiger partial charge in [-0.1, -0.05) is 60.7 Å². The van der Waals surface area contributed by atoms with Gasteiger partial charge in [0.25, 0.3) is 0 Å². The van der Waals surface area contributed by atoms with Crippen molar-refractivity contribution < 1.29 is 17.9 Å². The lowest BCUT2D eigenvalue weighted by atomic mass is 10.0. The van der Waals surface area contributed by atoms with Crippen molar-refractivity contribution in [2.45, 2.75) is 6.18 Å². The fourth-order valence-electron chi connectivity index (χ4n) is 2.32. The Morgan fingerprint density at radius 1 is 0.609 bits per heavy atom. The fraction of sp³-hybridized carbons (Fsp3) is 0.0526. The SMILES string of the molecule is FC(F)(F)c1ccccc1Oc1ccccc1-c1ccccc1. The zero-order valence-corrected chi connectivity index (χ0v) is 12.0. The highest BCUT2D eigenvalue weighted by Gasteiger charge is 2.34. The van der Waals surface area contributed by atoms with Crippen molar-refractivity contribution in [3.8, 4) is 22.6 Å². The van der Waals surface area contributed by atoms with E-state index >= 15 is 0 Å². The second-order valence-corrected chi connectivity index (χ2v) is 4.96. The van der Waals surface area contributed by atoms with E-state index < -0.39 is 11.7 Å². The summed E-state index contributed by atoms with van der Waals surface area (Å²) in [6.45, 7) is 0. The van der Waals surface area contributed by atoms with Crippen LogP contribution in [0.2, 0.25) is 0 Å². The predicted molar refractivity (Wildman–Crippen MR) is 83.4 cm³/mol. The van der Waals surface area contributed by atoms with E-state index in [9.17, 15) is 13.2 Å². The maximum atomic E-state index is 13.1. The van der Waals surface area contributed by atoms with Crippen LogP contribution in [0.5, 0.6) is 11.5 Å². The summed E-state index contributed by atoms with van der Waals surface area (Å²) in [6, 6.07) is 21.6. The highest BCUT2D eigenvalue weighted by atomic mass is 19.4. The molecule has 0 bridgehead atoms. The minimum absolute atomic E-state index is 0.205. The van der Waals surface area contributed by atoms with Crippen molar-refractivity contribution in [3.05, 3.63) is 84.4 Å². The lowest BCUT2D eigenvalue weighted by molar-refractivity contribution is -0.138. The van der Waals surface area contributed by atoms with E-state index in [1.165, 1.54) is 18.2 Å². The second-order valence-electron chi connectivity index (χ2n) is 4.96. The van der Waals surface area contributed by atoms with E-state index in [2.05, 4.69) is 0 Å². The van der Waals surface area contributed by atoms with Crippen molar-refractivity contribution in [2.75, 3.05) is 0 Å². The van der Waals surface area contributed by atoms with Gasteiger partial charge in [-0.25, -0.2) is 0 Å². The van der Waals surface area contributed by atoms with Gasteiger partial charge in [-0.2, -0.15) is 13.2 Å². The van der Waals surface area contributed by atoms with Gasteiger partial charge in [-0.15, -0.1) is 0 Å². The molecule has 4 heteroatoms. The smallest absolute Gasteiger partial charge is 0.419 e. The number of rotatable bonds is 3. The summed E-state index contributed by atoms with van der Waals surface area (Å²) in [5.41, 5.74) is 0.834. The number of halogens is 3. The maximum absolute atomic E-state index is 13.1. The fourth-order valence-corrected chi connectivity index (χ4v) is 2.32. The molecule has 1 nitrogen and oxygen atoms in total. The van der Waals surface area contributed by atoms with Crippen molar-refractivity contribution >= 4 is 0 Å². The monoisotopic (exact) mass is 314 g/mol. The van der Waals surface area contributed by atoms with Gasteiger partial charge in [0.05, 0.1) is 5.56 Å². The summed E-state index contributed by atoms with van der Waals surface area (Å²) in [5, 5.41) is 0. The predicted octanol–water partition coefficient (Wildman–Crippen LogP) is 6.16. The molecule has 3 aromatic carbocycles. The molecule has 0 amide bonds. The van der Waals surface area contributed by atoms with E-state index in [-0.39, 0.29) is 5.75 Å². The average molecular weight is 314 g/mol. The maximum Gasteiger partial charge on any atom is 0.419 e. The van der Waals surface area contributed by atoms with Crippen LogP contribution in [0.1, 0.15) is 5.56 Å². The second kappa shape index (κ2) is 6.16. The Kier molecular flexibility index (Phi) is 4.06. The highest BCUT2D eigenvalue weighted by Crippen LogP contribution is 2.40. The van der Waals surface area contributed by atoms with E-state index in [4.69, 9.17) is 4.74 Å². The molecule has 0 atom stereocenters. The Bertz CT molecular complexity index is 795. The topological polar surface area (TPSA) is 9.23 Å². The third-order valence-electron chi connectivity index (χ3n) is 3.38. The van der Waals surface area contributed by atoms with Gasteiger partial charge in [0, 0.05) is 5.56 Å². The lowest BCUT2D eigenvalue weighted by Crippen LogP contribution is -2.06. The molecule has 3 rings (SSSR count). The molecule has 0 radical (unpaired) electrons. The van der Waals surface area contributed by atoms with Crippen LogP contribution < -0.4 is 4.74 Å². The van der Waals surface area contributed by atoms with E-state index in [1.54, 1.807) is 12.1 Å². The Morgan fingerprint density at radius 3 is 1.87 bits per heavy atom. The molecule has 0 aromatic heterocycles. The summed E-state index contributed by atoms with van der Waals surface area (Å²) in [7, 11) is 0. The molecule has 0 unspecified atom stereocenters. The summed E-state index contributed by atoms with van der Waals surface area (Å²) in [4.78, 5) is 0. The van der Waals surface area contributed by atoms with Gasteiger partial charge in [-0.05, 0) is 23.8 Å². The molecular formula is C19H13F3O. The number of alkyl halides is 3. The molecule has 0 spiro atoms. The number of ether oxygens (including phenoxy) is 1. The third-order valence-corrected chi connectivity index (χ3v) is 3.38. The first kappa shape index (κ1) is 15.2. The molecule has 3 aromatic rings. The normalized spacial score (nSPS) is 11.3. The van der Waals surface area contributed by atoms with Crippen LogP contribution in [0.3, 0.4) is 0 Å². The lowest BCUT2D eigenvalue weighted by Gasteiger charge is -2.15. The largest absolute Gasteiger partial charge is 0.456 e. The van der Waals surface area contributed by atoms with Crippen LogP contribution >= 0.6 is 0 Å². The number of para-hydroxylation sites is 2. The first-order valence-electron chi connectivity index (χ1n) is 7.04. The zero-order valence-electron chi connectivity index (χ0n) is 12.0. The van der Waals surface area contributed by atoms with Crippen LogP contribution in [0.15, 0.2) is 78.9 Å². The minimum Gasteiger partial charge on any atom is -0.456 e. The Labute approximate surface area is 132 Å². The molecular weight excluding hydrogens is 301 g/mol. The average Bonchev–Trinajstić information content (AvgIpc) is 2.56. The Hall–Kier alpha value is -2.75. The Morgan fingerprint density at radius 2 is 1.17 bits per heavy atom. The van der Waals surface area contributed by atoms with Gasteiger partial charge >= 0.3 is 6.18 Å². The van der Waals surface area contributed by atoms with Gasteiger partial charge < -0.3 is 4.74 Å². The molecule has 0 saturated carbocycles. The molecule has 116 valence electrons. The van der Waals surface area contributed by atoms with E-state index in [1.807, 2.05) is 42.5 Å². The molecule has 0 heterocycles. The summed E-state index contributed by atoms with van der Waals surface area (Å²) >= 11 is 0. The van der Waals surface area contributed by atoms with E-state index in [0.717, 1.165) is 17.2 Å². The minimum atomic E-state index is -4.46. The van der Waals surface area contributed by atoms with Gasteiger partial charge in [-0.3, -0.25) is 0 Å². The summed E-state index contributed by atoms with van der Waals surface area (Å²) < 4.78 is 44.9. The van der Waals surface area contributed by atoms with Crippen LogP contribution in [-0.2, 0) is 6.18 Å². The standard InChI is InChI=1S/C19H13F3O/c20-19(21,22)16-11-5-7-13-18(16)23-17-12-6-4-10-15(17)14-8-2-1-3-9-14/h1-13H. The summed E-state index contributed by atoms with van der Waals surface area (Å²) in [6.07, 6.45) is -4.46. The Balaban J connectivity index is 2.03. The van der Waals surface area contributed by atoms with Crippen LogP contribution in [0.25, 0.3) is 11.1 Å². The van der Waals surface area contributed by atoms with Crippen molar-refractivity contribution in [3.63, 3.8) is 0 Å². The van der Waals surface area contributed by atoms with Crippen molar-refractivity contribution in [2.24, 2.45) is 0 Å². The van der Waals surface area contributed by atoms with Crippen molar-refractivity contribution in [1.82, 2.24) is 0 Å². The zero-order chi connectivity index (χ0) is 16.3. The number of hydrogen-bond acceptors (Lipinski definition) is 1. The molecule has 23 heavy (non-hydrogen) atoms. The quantitative estimate of drug-likeness (QED) is 0.562. The molecule has 0 saturated heterocycles. The molecule has 0 fully saturated rings. The highest BCUT2D eigenvalue weighted by molar-refractivity contribution is 5.70. The number of hydrogen-bond donors (Lipinski definition) is 0. The van der Waals surface area contributed by atoms with Gasteiger partial charge in [0.15, 0.2) is 0 Å². The van der Waals surface area contributed by atoms with Crippen LogP contribution in [0.4, 0.5) is 13.2 Å². The third kappa shape index (κ3) is 3.37. The number of benzene rings is 3. The first-order valence-corrected chi connectivity index (χ1v) is 7.04. The molecule has 0 N–H and O–H groups in total.